The first-order chi connectivity index (χ1) is 20.6. The molecule has 0 atom stereocenters. The molecule has 6 aromatic rings. The van der Waals surface area contributed by atoms with Crippen LogP contribution in [-0.2, 0) is 0 Å². The number of nitrogens with two attached hydrogens (primary N) is 1. The van der Waals surface area contributed by atoms with Crippen LogP contribution in [0.3, 0.4) is 0 Å². The van der Waals surface area contributed by atoms with Crippen LogP contribution in [0.15, 0.2) is 170 Å². The predicted octanol–water partition coefficient (Wildman–Crippen LogP) is 10.0. The lowest BCUT2D eigenvalue weighted by Gasteiger charge is -2.25. The van der Waals surface area contributed by atoms with E-state index in [1.165, 1.54) is 6.07 Å². The van der Waals surface area contributed by atoms with Gasteiger partial charge in [-0.3, -0.25) is 10.1 Å². The molecule has 2 N–H and O–H groups in total. The zero-order valence-corrected chi connectivity index (χ0v) is 22.9. The van der Waals surface area contributed by atoms with Crippen molar-refractivity contribution in [2.24, 2.45) is 0 Å². The summed E-state index contributed by atoms with van der Waals surface area (Å²) in [5, 5.41) is 11.0. The van der Waals surface area contributed by atoms with Crippen molar-refractivity contribution >= 4 is 45.5 Å². The lowest BCUT2D eigenvalue weighted by atomic mass is 10.2. The van der Waals surface area contributed by atoms with Crippen molar-refractivity contribution < 1.29 is 6.35 Å². The Kier molecular flexibility index (Phi) is 8.87. The Morgan fingerprint density at radius 3 is 1.14 bits per heavy atom. The molecule has 0 unspecified atom stereocenters. The summed E-state index contributed by atoms with van der Waals surface area (Å²) < 4.78 is 0. The van der Waals surface area contributed by atoms with Gasteiger partial charge in [0.15, 0.2) is 0 Å². The van der Waals surface area contributed by atoms with Gasteiger partial charge in [-0.25, -0.2) is 0 Å². The Hall–Kier alpha value is -5.88. The largest absolute Gasteiger partial charge is 0.399 e. The van der Waals surface area contributed by atoms with Gasteiger partial charge in [0, 0.05) is 47.7 Å². The zero-order chi connectivity index (χ0) is 29.1. The molecule has 0 fully saturated rings. The number of para-hydroxylation sites is 4. The number of benzene rings is 6. The van der Waals surface area contributed by atoms with Crippen LogP contribution in [0.4, 0.5) is 45.5 Å². The van der Waals surface area contributed by atoms with Crippen LogP contribution in [-0.4, -0.2) is 4.92 Å². The van der Waals surface area contributed by atoms with Gasteiger partial charge in [0.2, 0.25) is 0 Å². The van der Waals surface area contributed by atoms with E-state index < -0.39 is 0 Å². The summed E-state index contributed by atoms with van der Waals surface area (Å²) in [6.45, 7) is 0. The van der Waals surface area contributed by atoms with Gasteiger partial charge in [-0.05, 0) is 72.8 Å². The fraction of sp³-hybridized carbons (Fsp3) is 0. The van der Waals surface area contributed by atoms with E-state index in [0.717, 1.165) is 39.8 Å². The maximum Gasteiger partial charge on any atom is 0.271 e. The van der Waals surface area contributed by atoms with Crippen molar-refractivity contribution in [2.45, 2.75) is 0 Å². The van der Waals surface area contributed by atoms with Crippen molar-refractivity contribution in [3.8, 4) is 0 Å². The summed E-state index contributed by atoms with van der Waals surface area (Å²) in [6, 6.07) is 54.7. The first-order valence-corrected chi connectivity index (χ1v) is 13.5. The zero-order valence-electron chi connectivity index (χ0n) is 22.9. The van der Waals surface area contributed by atoms with Gasteiger partial charge < -0.3 is 15.5 Å². The monoisotopic (exact) mass is 552 g/mol. The molecule has 42 heavy (non-hydrogen) atoms. The Morgan fingerprint density at radius 1 is 0.452 bits per heavy atom. The molecule has 6 aromatic carbocycles. The highest BCUT2D eigenvalue weighted by atomic mass is 16.6. The highest BCUT2D eigenvalue weighted by Gasteiger charge is 2.15. The second-order valence-corrected chi connectivity index (χ2v) is 9.38. The minimum atomic E-state index is -0.377. The fourth-order valence-electron chi connectivity index (χ4n) is 4.61. The Morgan fingerprint density at radius 2 is 0.786 bits per heavy atom. The van der Waals surface area contributed by atoms with E-state index in [9.17, 15) is 10.1 Å². The van der Waals surface area contributed by atoms with Crippen molar-refractivity contribution in [2.75, 3.05) is 15.5 Å². The van der Waals surface area contributed by atoms with Crippen LogP contribution in [0.25, 0.3) is 0 Å². The van der Waals surface area contributed by atoms with Crippen LogP contribution in [0, 0.1) is 10.1 Å². The van der Waals surface area contributed by atoms with Gasteiger partial charge in [-0.2, -0.15) is 0 Å². The minimum Gasteiger partial charge on any atom is -0.399 e. The molecular weight excluding hydrogens is 520 g/mol. The Bertz CT molecular complexity index is 1640. The normalized spacial score (nSPS) is 10.2. The van der Waals surface area contributed by atoms with Crippen molar-refractivity contribution in [1.29, 1.82) is 0 Å². The highest BCUT2D eigenvalue weighted by Crippen LogP contribution is 2.36. The summed E-state index contributed by atoms with van der Waals surface area (Å²) >= 11 is 0. The number of nitro benzene ring substituents is 1. The number of rotatable bonds is 7. The molecule has 0 aliphatic rings. The summed E-state index contributed by atoms with van der Waals surface area (Å²) in [4.78, 5) is 14.8. The van der Waals surface area contributed by atoms with Crippen LogP contribution >= 0.6 is 0 Å². The SMILES string of the molecule is Nc1cccc(N(c2ccccc2)c2ccccc2)c1.O=[N+]([O-])c1cccc(N(c2ccccc2)c2ccccc2)c1.[HH]. The predicted molar refractivity (Wildman–Crippen MR) is 175 cm³/mol. The number of non-ortho nitro benzene ring substituents is 1. The lowest BCUT2D eigenvalue weighted by Crippen LogP contribution is -2.09. The molecule has 0 heterocycles. The third kappa shape index (κ3) is 6.81. The number of hydrogen-bond acceptors (Lipinski definition) is 5. The second kappa shape index (κ2) is 13.5. The first-order valence-electron chi connectivity index (χ1n) is 13.5. The molecule has 0 radical (unpaired) electrons. The summed E-state index contributed by atoms with van der Waals surface area (Å²) in [5.74, 6) is 0. The van der Waals surface area contributed by atoms with Crippen molar-refractivity contribution in [3.05, 3.63) is 180 Å². The number of hydrogen-bond donors (Lipinski definition) is 1. The van der Waals surface area contributed by atoms with Crippen molar-refractivity contribution in [1.82, 2.24) is 0 Å². The molecule has 0 amide bonds. The van der Waals surface area contributed by atoms with Crippen LogP contribution < -0.4 is 15.5 Å². The smallest absolute Gasteiger partial charge is 0.271 e. The van der Waals surface area contributed by atoms with E-state index in [4.69, 9.17) is 5.73 Å². The fourth-order valence-corrected chi connectivity index (χ4v) is 4.61. The molecule has 6 rings (SSSR count). The van der Waals surface area contributed by atoms with E-state index in [0.29, 0.717) is 0 Å². The Balaban J connectivity index is 0.000000193. The number of nitrogen functional groups attached to an aromatic ring is 1. The molecule has 0 bridgehead atoms. The minimum absolute atomic E-state index is 0. The summed E-state index contributed by atoms with van der Waals surface area (Å²) in [6.07, 6.45) is 0. The van der Waals surface area contributed by atoms with E-state index in [1.807, 2.05) is 126 Å². The summed E-state index contributed by atoms with van der Waals surface area (Å²) in [5.41, 5.74) is 12.7. The van der Waals surface area contributed by atoms with Gasteiger partial charge in [0.05, 0.1) is 10.6 Å². The van der Waals surface area contributed by atoms with Gasteiger partial charge in [-0.15, -0.1) is 0 Å². The number of nitro groups is 1. The van der Waals surface area contributed by atoms with Gasteiger partial charge >= 0.3 is 0 Å². The molecule has 6 heteroatoms. The second-order valence-electron chi connectivity index (χ2n) is 9.38. The highest BCUT2D eigenvalue weighted by molar-refractivity contribution is 5.78. The number of nitrogens with zero attached hydrogens (tertiary/aromatic N) is 3. The average Bonchev–Trinajstić information content (AvgIpc) is 3.04. The van der Waals surface area contributed by atoms with Crippen LogP contribution in [0.1, 0.15) is 1.43 Å². The number of anilines is 7. The third-order valence-electron chi connectivity index (χ3n) is 6.48. The quantitative estimate of drug-likeness (QED) is 0.121. The lowest BCUT2D eigenvalue weighted by molar-refractivity contribution is -0.384. The molecule has 0 aliphatic heterocycles. The molecule has 0 saturated heterocycles. The van der Waals surface area contributed by atoms with E-state index in [2.05, 4.69) is 35.2 Å². The maximum atomic E-state index is 11.0. The van der Waals surface area contributed by atoms with Gasteiger partial charge in [0.25, 0.3) is 5.69 Å². The standard InChI is InChI=1S/C18H14N2O2.C18H16N2.H2/c21-20(22)18-13-7-12-17(14-18)19(15-8-3-1-4-9-15)16-10-5-2-6-11-16;19-15-8-7-13-18(14-15)20(16-9-3-1-4-10-16)17-11-5-2-6-12-17;/h1-14H;1-14H,19H2;1H. The van der Waals surface area contributed by atoms with E-state index in [-0.39, 0.29) is 12.0 Å². The van der Waals surface area contributed by atoms with Crippen molar-refractivity contribution in [3.63, 3.8) is 0 Å². The van der Waals surface area contributed by atoms with Gasteiger partial charge in [-0.1, -0.05) is 84.9 Å². The van der Waals surface area contributed by atoms with E-state index in [1.54, 1.807) is 12.1 Å². The molecule has 6 nitrogen and oxygen atoms in total. The molecular formula is C36H32N4O2. The molecule has 0 spiro atoms. The third-order valence-corrected chi connectivity index (χ3v) is 6.48. The van der Waals surface area contributed by atoms with Crippen LogP contribution in [0.2, 0.25) is 0 Å². The molecule has 208 valence electrons. The van der Waals surface area contributed by atoms with Crippen LogP contribution in [0.5, 0.6) is 0 Å². The molecule has 0 saturated carbocycles. The maximum absolute atomic E-state index is 11.0. The molecule has 0 aliphatic carbocycles. The molecule has 0 aromatic heterocycles. The summed E-state index contributed by atoms with van der Waals surface area (Å²) in [7, 11) is 0. The van der Waals surface area contributed by atoms with Gasteiger partial charge in [0.1, 0.15) is 0 Å². The Labute approximate surface area is 247 Å². The average molecular weight is 553 g/mol. The van der Waals surface area contributed by atoms with E-state index >= 15 is 0 Å². The topological polar surface area (TPSA) is 75.6 Å². The first kappa shape index (κ1) is 27.7.